The van der Waals surface area contributed by atoms with Crippen LogP contribution in [0.2, 0.25) is 0 Å². The van der Waals surface area contributed by atoms with Crippen molar-refractivity contribution in [2.24, 2.45) is 0 Å². The van der Waals surface area contributed by atoms with Gasteiger partial charge in [-0.2, -0.15) is 0 Å². The Morgan fingerprint density at radius 1 is 1.85 bits per heavy atom. The number of rotatable bonds is 3. The molecule has 3 N–H and O–H groups in total. The second-order valence-corrected chi connectivity index (χ2v) is 3.12. The molecular formula is C8H16N2O3. The monoisotopic (exact) mass is 188 g/mol. The number of nitrogens with one attached hydrogen (secondary N) is 2. The van der Waals surface area contributed by atoms with Crippen LogP contribution in [0.25, 0.3) is 0 Å². The van der Waals surface area contributed by atoms with E-state index in [9.17, 15) is 4.79 Å². The lowest BCUT2D eigenvalue weighted by Crippen LogP contribution is -2.46. The molecule has 0 bridgehead atoms. The van der Waals surface area contributed by atoms with Crippen molar-refractivity contribution < 1.29 is 14.6 Å². The van der Waals surface area contributed by atoms with Gasteiger partial charge in [0.2, 0.25) is 5.91 Å². The third-order valence-electron chi connectivity index (χ3n) is 1.89. The van der Waals surface area contributed by atoms with Crippen LogP contribution in [0.1, 0.15) is 6.92 Å². The lowest BCUT2D eigenvalue weighted by atomic mass is 10.3. The smallest absolute Gasteiger partial charge is 0.248 e. The van der Waals surface area contributed by atoms with Crippen LogP contribution in [0.3, 0.4) is 0 Å². The Labute approximate surface area is 77.5 Å². The van der Waals surface area contributed by atoms with Gasteiger partial charge < -0.3 is 20.5 Å². The van der Waals surface area contributed by atoms with E-state index in [1.807, 2.05) is 0 Å². The minimum absolute atomic E-state index is 0.0245. The van der Waals surface area contributed by atoms with E-state index in [1.54, 1.807) is 0 Å². The molecule has 1 saturated heterocycles. The average Bonchev–Trinajstić information content (AvgIpc) is 2.15. The van der Waals surface area contributed by atoms with E-state index in [1.165, 1.54) is 6.92 Å². The van der Waals surface area contributed by atoms with Crippen LogP contribution < -0.4 is 10.6 Å². The molecule has 0 aromatic rings. The Morgan fingerprint density at radius 2 is 2.62 bits per heavy atom. The van der Waals surface area contributed by atoms with Crippen molar-refractivity contribution in [3.05, 3.63) is 0 Å². The summed E-state index contributed by atoms with van der Waals surface area (Å²) < 4.78 is 5.35. The van der Waals surface area contributed by atoms with Crippen LogP contribution >= 0.6 is 0 Å². The summed E-state index contributed by atoms with van der Waals surface area (Å²) in [7, 11) is 0. The lowest BCUT2D eigenvalue weighted by molar-refractivity contribution is -0.129. The summed E-state index contributed by atoms with van der Waals surface area (Å²) in [4.78, 5) is 10.9. The fourth-order valence-electron chi connectivity index (χ4n) is 1.11. The van der Waals surface area contributed by atoms with Crippen molar-refractivity contribution in [3.63, 3.8) is 0 Å². The SMILES string of the molecule is CC(O)C(=O)NCC1CNCCO1. The van der Waals surface area contributed by atoms with Gasteiger partial charge >= 0.3 is 0 Å². The molecule has 5 nitrogen and oxygen atoms in total. The zero-order valence-corrected chi connectivity index (χ0v) is 7.75. The van der Waals surface area contributed by atoms with E-state index in [-0.39, 0.29) is 12.0 Å². The molecule has 1 fully saturated rings. The average molecular weight is 188 g/mol. The molecule has 2 unspecified atom stereocenters. The molecule has 1 aliphatic rings. The Bertz CT molecular complexity index is 167. The number of morpholine rings is 1. The quantitative estimate of drug-likeness (QED) is 0.502. The second-order valence-electron chi connectivity index (χ2n) is 3.12. The predicted octanol–water partition coefficient (Wildman–Crippen LogP) is -1.53. The largest absolute Gasteiger partial charge is 0.384 e. The number of hydrogen-bond acceptors (Lipinski definition) is 4. The highest BCUT2D eigenvalue weighted by Gasteiger charge is 2.15. The maximum Gasteiger partial charge on any atom is 0.248 e. The molecule has 1 rings (SSSR count). The molecule has 2 atom stereocenters. The molecule has 0 aromatic carbocycles. The van der Waals surface area contributed by atoms with Gasteiger partial charge in [-0.3, -0.25) is 4.79 Å². The van der Waals surface area contributed by atoms with Gasteiger partial charge in [0.15, 0.2) is 0 Å². The van der Waals surface area contributed by atoms with E-state index >= 15 is 0 Å². The molecule has 0 aliphatic carbocycles. The Morgan fingerprint density at radius 3 is 3.15 bits per heavy atom. The van der Waals surface area contributed by atoms with Gasteiger partial charge in [0.1, 0.15) is 6.10 Å². The molecule has 1 heterocycles. The summed E-state index contributed by atoms with van der Waals surface area (Å²) in [6.45, 7) is 4.18. The normalized spacial score (nSPS) is 25.2. The fraction of sp³-hybridized carbons (Fsp3) is 0.875. The Balaban J connectivity index is 2.13. The third-order valence-corrected chi connectivity index (χ3v) is 1.89. The first-order valence-electron chi connectivity index (χ1n) is 4.48. The highest BCUT2D eigenvalue weighted by molar-refractivity contribution is 5.79. The van der Waals surface area contributed by atoms with Crippen molar-refractivity contribution in [2.75, 3.05) is 26.2 Å². The highest BCUT2D eigenvalue weighted by Crippen LogP contribution is 1.93. The number of hydrogen-bond donors (Lipinski definition) is 3. The van der Waals surface area contributed by atoms with Crippen molar-refractivity contribution >= 4 is 5.91 Å². The van der Waals surface area contributed by atoms with Crippen LogP contribution in [-0.4, -0.2) is 49.5 Å². The molecule has 0 spiro atoms. The van der Waals surface area contributed by atoms with Crippen LogP contribution in [0.15, 0.2) is 0 Å². The minimum Gasteiger partial charge on any atom is -0.384 e. The third kappa shape index (κ3) is 3.71. The van der Waals surface area contributed by atoms with Gasteiger partial charge in [-0.05, 0) is 6.92 Å². The van der Waals surface area contributed by atoms with Gasteiger partial charge in [0.25, 0.3) is 0 Å². The molecule has 5 heteroatoms. The van der Waals surface area contributed by atoms with Gasteiger partial charge in [0, 0.05) is 19.6 Å². The lowest BCUT2D eigenvalue weighted by Gasteiger charge is -2.23. The second kappa shape index (κ2) is 5.16. The molecule has 1 amide bonds. The van der Waals surface area contributed by atoms with Gasteiger partial charge in [-0.1, -0.05) is 0 Å². The van der Waals surface area contributed by atoms with E-state index < -0.39 is 6.10 Å². The van der Waals surface area contributed by atoms with Crippen molar-refractivity contribution in [2.45, 2.75) is 19.1 Å². The molecule has 76 valence electrons. The first-order valence-corrected chi connectivity index (χ1v) is 4.48. The summed E-state index contributed by atoms with van der Waals surface area (Å²) in [5, 5.41) is 14.6. The van der Waals surface area contributed by atoms with Crippen LogP contribution in [0.4, 0.5) is 0 Å². The summed E-state index contributed by atoms with van der Waals surface area (Å²) in [5.74, 6) is -0.353. The van der Waals surface area contributed by atoms with Crippen molar-refractivity contribution in [1.82, 2.24) is 10.6 Å². The maximum atomic E-state index is 10.9. The van der Waals surface area contributed by atoms with Crippen LogP contribution in [-0.2, 0) is 9.53 Å². The zero-order chi connectivity index (χ0) is 9.68. The van der Waals surface area contributed by atoms with Gasteiger partial charge in [-0.25, -0.2) is 0 Å². The van der Waals surface area contributed by atoms with Gasteiger partial charge in [0.05, 0.1) is 12.7 Å². The maximum absolute atomic E-state index is 10.9. The number of aliphatic hydroxyl groups is 1. The molecule has 0 saturated carbocycles. The standard InChI is InChI=1S/C8H16N2O3/c1-6(11)8(12)10-5-7-4-9-2-3-13-7/h6-7,9,11H,2-5H2,1H3,(H,10,12). The summed E-state index contributed by atoms with van der Waals surface area (Å²) in [6, 6.07) is 0. The first kappa shape index (κ1) is 10.4. The number of carbonyl (C=O) groups excluding carboxylic acids is 1. The Kier molecular flexibility index (Phi) is 4.14. The molecular weight excluding hydrogens is 172 g/mol. The van der Waals surface area contributed by atoms with Crippen molar-refractivity contribution in [1.29, 1.82) is 0 Å². The summed E-state index contributed by atoms with van der Waals surface area (Å²) >= 11 is 0. The minimum atomic E-state index is -0.948. The van der Waals surface area contributed by atoms with Crippen molar-refractivity contribution in [3.8, 4) is 0 Å². The zero-order valence-electron chi connectivity index (χ0n) is 7.75. The Hall–Kier alpha value is -0.650. The number of ether oxygens (including phenoxy) is 1. The highest BCUT2D eigenvalue weighted by atomic mass is 16.5. The first-order chi connectivity index (χ1) is 6.20. The molecule has 0 aromatic heterocycles. The van der Waals surface area contributed by atoms with E-state index in [0.29, 0.717) is 13.2 Å². The molecule has 13 heavy (non-hydrogen) atoms. The molecule has 1 aliphatic heterocycles. The van der Waals surface area contributed by atoms with Crippen LogP contribution in [0, 0.1) is 0 Å². The number of carbonyl (C=O) groups is 1. The van der Waals surface area contributed by atoms with Crippen LogP contribution in [0.5, 0.6) is 0 Å². The summed E-state index contributed by atoms with van der Waals surface area (Å²) in [6.07, 6.45) is -0.923. The number of aliphatic hydroxyl groups excluding tert-OH is 1. The fourth-order valence-corrected chi connectivity index (χ4v) is 1.11. The van der Waals surface area contributed by atoms with E-state index in [2.05, 4.69) is 10.6 Å². The summed E-state index contributed by atoms with van der Waals surface area (Å²) in [5.41, 5.74) is 0. The molecule has 0 radical (unpaired) electrons. The predicted molar refractivity (Wildman–Crippen MR) is 47.3 cm³/mol. The van der Waals surface area contributed by atoms with E-state index in [4.69, 9.17) is 9.84 Å². The van der Waals surface area contributed by atoms with Gasteiger partial charge in [-0.15, -0.1) is 0 Å². The topological polar surface area (TPSA) is 70.6 Å². The number of amides is 1. The van der Waals surface area contributed by atoms with E-state index in [0.717, 1.165) is 13.1 Å².